The number of carbonyl (C=O) groups is 1. The van der Waals surface area contributed by atoms with E-state index < -0.39 is 34.6 Å². The second kappa shape index (κ2) is 6.91. The number of pyridine rings is 1. The first kappa shape index (κ1) is 20.0. The second-order valence-electron chi connectivity index (χ2n) is 6.45. The summed E-state index contributed by atoms with van der Waals surface area (Å²) in [6, 6.07) is 3.38. The van der Waals surface area contributed by atoms with Crippen LogP contribution in [0.5, 0.6) is 0 Å². The van der Waals surface area contributed by atoms with Crippen molar-refractivity contribution in [2.45, 2.75) is 19.1 Å². The Labute approximate surface area is 171 Å². The molecule has 3 aromatic rings. The Kier molecular flexibility index (Phi) is 4.61. The van der Waals surface area contributed by atoms with Gasteiger partial charge in [-0.3, -0.25) is 14.5 Å². The van der Waals surface area contributed by atoms with Crippen molar-refractivity contribution in [3.05, 3.63) is 75.8 Å². The summed E-state index contributed by atoms with van der Waals surface area (Å²) in [5.41, 5.74) is -2.31. The van der Waals surface area contributed by atoms with Gasteiger partial charge in [0.1, 0.15) is 17.6 Å². The van der Waals surface area contributed by atoms with Crippen LogP contribution in [0.4, 0.5) is 17.6 Å². The summed E-state index contributed by atoms with van der Waals surface area (Å²) in [5.74, 6) is -2.02. The van der Waals surface area contributed by atoms with Gasteiger partial charge < -0.3 is 5.11 Å². The Morgan fingerprint density at radius 1 is 1.23 bits per heavy atom. The molecule has 30 heavy (non-hydrogen) atoms. The van der Waals surface area contributed by atoms with E-state index in [0.29, 0.717) is 0 Å². The minimum Gasteiger partial charge on any atom is -0.477 e. The topological polar surface area (TPSA) is 80.4 Å². The van der Waals surface area contributed by atoms with Crippen LogP contribution < -0.4 is 0 Å². The van der Waals surface area contributed by atoms with E-state index in [9.17, 15) is 27.5 Å². The first-order chi connectivity index (χ1) is 14.1. The maximum absolute atomic E-state index is 14.5. The van der Waals surface area contributed by atoms with Gasteiger partial charge in [-0.25, -0.2) is 14.2 Å². The summed E-state index contributed by atoms with van der Waals surface area (Å²) in [5, 5.41) is 8.79. The maximum Gasteiger partial charge on any atom is 0.417 e. The predicted molar refractivity (Wildman–Crippen MR) is 98.8 cm³/mol. The molecule has 1 unspecified atom stereocenters. The fourth-order valence-electron chi connectivity index (χ4n) is 3.32. The van der Waals surface area contributed by atoms with Crippen molar-refractivity contribution in [1.82, 2.24) is 14.5 Å². The van der Waals surface area contributed by atoms with Crippen molar-refractivity contribution in [3.63, 3.8) is 0 Å². The predicted octanol–water partition coefficient (Wildman–Crippen LogP) is 4.69. The molecule has 0 amide bonds. The number of carboxylic acid groups (broad SMARTS) is 1. The Hall–Kier alpha value is -3.27. The van der Waals surface area contributed by atoms with Crippen LogP contribution in [-0.4, -0.2) is 31.3 Å². The standard InChI is InChI=1S/C19H11ClF4N4O2/c1-8-17-26-7-12(18(29)30)28(17)11-5-4-9(19(22,23)24)14(20)13(11)16(27-8)15-10(21)3-2-6-25-15/h2-8H,1H3,(H,29,30). The van der Waals surface area contributed by atoms with Gasteiger partial charge in [-0.05, 0) is 31.2 Å². The summed E-state index contributed by atoms with van der Waals surface area (Å²) in [7, 11) is 0. The van der Waals surface area contributed by atoms with Crippen molar-refractivity contribution in [2.75, 3.05) is 0 Å². The fraction of sp³-hybridized carbons (Fsp3) is 0.158. The van der Waals surface area contributed by atoms with Gasteiger partial charge in [-0.2, -0.15) is 13.2 Å². The molecule has 2 aromatic heterocycles. The van der Waals surface area contributed by atoms with Gasteiger partial charge >= 0.3 is 12.1 Å². The Balaban J connectivity index is 2.15. The molecular weight excluding hydrogens is 428 g/mol. The van der Waals surface area contributed by atoms with Crippen molar-refractivity contribution < 1.29 is 27.5 Å². The van der Waals surface area contributed by atoms with Crippen LogP contribution in [-0.2, 0) is 6.18 Å². The van der Waals surface area contributed by atoms with Gasteiger partial charge in [0.2, 0.25) is 0 Å². The van der Waals surface area contributed by atoms with Gasteiger partial charge in [-0.15, -0.1) is 0 Å². The third kappa shape index (κ3) is 3.04. The van der Waals surface area contributed by atoms with E-state index in [0.717, 1.165) is 29.0 Å². The molecule has 0 radical (unpaired) electrons. The number of fused-ring (bicyclic) bond motifs is 3. The van der Waals surface area contributed by atoms with Crippen LogP contribution in [0.25, 0.3) is 5.69 Å². The number of hydrogen-bond acceptors (Lipinski definition) is 4. The van der Waals surface area contributed by atoms with Crippen molar-refractivity contribution in [1.29, 1.82) is 0 Å². The average molecular weight is 439 g/mol. The van der Waals surface area contributed by atoms with Crippen LogP contribution in [0.15, 0.2) is 41.7 Å². The first-order valence-corrected chi connectivity index (χ1v) is 8.89. The lowest BCUT2D eigenvalue weighted by Crippen LogP contribution is -2.17. The van der Waals surface area contributed by atoms with Crippen LogP contribution in [0.2, 0.25) is 5.02 Å². The number of imidazole rings is 1. The minimum atomic E-state index is -4.80. The number of aromatic nitrogens is 3. The molecule has 1 N–H and O–H groups in total. The van der Waals surface area contributed by atoms with Gasteiger partial charge in [0, 0.05) is 11.8 Å². The molecule has 0 spiro atoms. The highest BCUT2D eigenvalue weighted by atomic mass is 35.5. The number of alkyl halides is 3. The summed E-state index contributed by atoms with van der Waals surface area (Å²) >= 11 is 6.16. The third-order valence-corrected chi connectivity index (χ3v) is 4.98. The molecule has 0 fully saturated rings. The van der Waals surface area contributed by atoms with E-state index in [-0.39, 0.29) is 34.2 Å². The summed E-state index contributed by atoms with van der Waals surface area (Å²) in [6.45, 7) is 1.55. The molecule has 4 rings (SSSR count). The Morgan fingerprint density at radius 2 is 1.97 bits per heavy atom. The maximum atomic E-state index is 14.5. The highest BCUT2D eigenvalue weighted by molar-refractivity contribution is 6.37. The Bertz CT molecular complexity index is 1220. The second-order valence-corrected chi connectivity index (χ2v) is 6.83. The zero-order valence-corrected chi connectivity index (χ0v) is 15.8. The Morgan fingerprint density at radius 3 is 2.60 bits per heavy atom. The molecule has 0 saturated heterocycles. The number of benzene rings is 1. The molecule has 11 heteroatoms. The molecule has 6 nitrogen and oxygen atoms in total. The van der Waals surface area contributed by atoms with Gasteiger partial charge in [0.25, 0.3) is 0 Å². The van der Waals surface area contributed by atoms with E-state index in [2.05, 4.69) is 15.0 Å². The van der Waals surface area contributed by atoms with E-state index >= 15 is 0 Å². The van der Waals surface area contributed by atoms with Crippen molar-refractivity contribution in [3.8, 4) is 5.69 Å². The third-order valence-electron chi connectivity index (χ3n) is 4.59. The molecule has 0 aliphatic carbocycles. The monoisotopic (exact) mass is 438 g/mol. The molecule has 154 valence electrons. The largest absolute Gasteiger partial charge is 0.477 e. The number of rotatable bonds is 2. The molecule has 0 bridgehead atoms. The fourth-order valence-corrected chi connectivity index (χ4v) is 3.67. The van der Waals surface area contributed by atoms with Crippen molar-refractivity contribution in [2.24, 2.45) is 4.99 Å². The number of aromatic carboxylic acids is 1. The van der Waals surface area contributed by atoms with E-state index in [1.165, 1.54) is 12.3 Å². The average Bonchev–Trinajstić information content (AvgIpc) is 3.06. The lowest BCUT2D eigenvalue weighted by molar-refractivity contribution is -0.137. The summed E-state index contributed by atoms with van der Waals surface area (Å²) in [6.07, 6.45) is -2.46. The summed E-state index contributed by atoms with van der Waals surface area (Å²) in [4.78, 5) is 24.0. The van der Waals surface area contributed by atoms with Crippen LogP contribution >= 0.6 is 11.6 Å². The first-order valence-electron chi connectivity index (χ1n) is 8.51. The van der Waals surface area contributed by atoms with Crippen LogP contribution in [0.3, 0.4) is 0 Å². The molecule has 1 aliphatic heterocycles. The van der Waals surface area contributed by atoms with Crippen molar-refractivity contribution >= 4 is 23.3 Å². The van der Waals surface area contributed by atoms with Gasteiger partial charge in [0.05, 0.1) is 28.2 Å². The number of aliphatic imine (C=N–C) groups is 1. The zero-order chi connectivity index (χ0) is 21.8. The number of carboxylic acids is 1. The highest BCUT2D eigenvalue weighted by Crippen LogP contribution is 2.42. The molecule has 0 saturated carbocycles. The van der Waals surface area contributed by atoms with E-state index in [1.54, 1.807) is 6.92 Å². The lowest BCUT2D eigenvalue weighted by Gasteiger charge is -2.18. The number of hydrogen-bond donors (Lipinski definition) is 1. The lowest BCUT2D eigenvalue weighted by atomic mass is 10.00. The van der Waals surface area contributed by atoms with Gasteiger partial charge in [-0.1, -0.05) is 11.6 Å². The van der Waals surface area contributed by atoms with Crippen LogP contribution in [0, 0.1) is 5.82 Å². The molecule has 1 aromatic carbocycles. The molecule has 3 heterocycles. The smallest absolute Gasteiger partial charge is 0.417 e. The molecule has 1 aliphatic rings. The minimum absolute atomic E-state index is 0.0222. The molecular formula is C19H11ClF4N4O2. The summed E-state index contributed by atoms with van der Waals surface area (Å²) < 4.78 is 56.3. The van der Waals surface area contributed by atoms with E-state index in [4.69, 9.17) is 11.6 Å². The number of halogens is 5. The molecule has 1 atom stereocenters. The van der Waals surface area contributed by atoms with Gasteiger partial charge in [0.15, 0.2) is 11.5 Å². The number of nitrogens with zero attached hydrogens (tertiary/aromatic N) is 4. The highest BCUT2D eigenvalue weighted by Gasteiger charge is 2.38. The normalized spacial score (nSPS) is 15.8. The van der Waals surface area contributed by atoms with Crippen LogP contribution in [0.1, 0.15) is 46.1 Å². The van der Waals surface area contributed by atoms with E-state index in [1.807, 2.05) is 0 Å². The quantitative estimate of drug-likeness (QED) is 0.589. The zero-order valence-electron chi connectivity index (χ0n) is 15.1. The SMILES string of the molecule is CC1N=C(c2ncccc2F)c2c(ccc(C(F)(F)F)c2Cl)-n2c(C(=O)O)cnc21.